The third-order valence-electron chi connectivity index (χ3n) is 4.09. The summed E-state index contributed by atoms with van der Waals surface area (Å²) >= 11 is 0.575. The molecule has 0 spiro atoms. The molecule has 0 amide bonds. The van der Waals surface area contributed by atoms with Crippen molar-refractivity contribution in [3.63, 3.8) is 0 Å². The summed E-state index contributed by atoms with van der Waals surface area (Å²) in [5.74, 6) is 0. The molecule has 0 N–H and O–H groups in total. The molecule has 0 aliphatic heterocycles. The van der Waals surface area contributed by atoms with Crippen LogP contribution in [0.4, 0.5) is 7.10 Å². The van der Waals surface area contributed by atoms with Crippen LogP contribution in [0.5, 0.6) is 0 Å². The monoisotopic (exact) mass is 586 g/mol. The first-order valence-corrected chi connectivity index (χ1v) is 22.7. The van der Waals surface area contributed by atoms with E-state index in [1.54, 1.807) is 6.07 Å². The van der Waals surface area contributed by atoms with Crippen molar-refractivity contribution in [1.29, 1.82) is 0 Å². The van der Waals surface area contributed by atoms with E-state index >= 15 is 0 Å². The molecule has 24 heavy (non-hydrogen) atoms. The fraction of sp³-hybridized carbons (Fsp3) is 0. The van der Waals surface area contributed by atoms with Gasteiger partial charge in [0.05, 0.1) is 0 Å². The van der Waals surface area contributed by atoms with Crippen molar-refractivity contribution < 1.29 is 7.10 Å². The van der Waals surface area contributed by atoms with Gasteiger partial charge in [0.25, 0.3) is 0 Å². The van der Waals surface area contributed by atoms with E-state index in [0.717, 1.165) is 16.2 Å². The molecule has 0 heterocycles. The van der Waals surface area contributed by atoms with Crippen LogP contribution in [-0.4, -0.2) is 48.7 Å². The molecule has 0 nitrogen and oxygen atoms in total. The third kappa shape index (κ3) is 2.96. The molecule has 0 saturated carbocycles. The van der Waals surface area contributed by atoms with Gasteiger partial charge in [-0.1, -0.05) is 0 Å². The van der Waals surface area contributed by atoms with Gasteiger partial charge in [0.15, 0.2) is 0 Å². The fourth-order valence-electron chi connectivity index (χ4n) is 2.91. The molecule has 0 fully saturated rings. The van der Waals surface area contributed by atoms with Crippen molar-refractivity contribution in [2.45, 2.75) is 0 Å². The zero-order valence-corrected chi connectivity index (χ0v) is 19.3. The van der Waals surface area contributed by atoms with E-state index < -0.39 is 23.2 Å². The van der Waals surface area contributed by atoms with Crippen LogP contribution in [0.3, 0.4) is 0 Å². The second kappa shape index (κ2) is 6.72. The number of fused-ring (bicyclic) bond motifs is 3. The van der Waals surface area contributed by atoms with Crippen molar-refractivity contribution >= 4 is 85.5 Å². The summed E-state index contributed by atoms with van der Waals surface area (Å²) in [5, 5.41) is 6.78. The maximum atomic E-state index is 14.9. The third-order valence-corrected chi connectivity index (χ3v) is 46.3. The van der Waals surface area contributed by atoms with E-state index in [2.05, 4.69) is 50.6 Å². The van der Waals surface area contributed by atoms with Gasteiger partial charge in [-0.3, -0.25) is 0 Å². The van der Waals surface area contributed by atoms with Gasteiger partial charge in [-0.25, -0.2) is 0 Å². The van der Waals surface area contributed by atoms with Crippen LogP contribution in [0, 0.1) is 0 Å². The molecule has 4 aromatic carbocycles. The van der Waals surface area contributed by atoms with Gasteiger partial charge >= 0.3 is 159 Å². The van der Waals surface area contributed by atoms with E-state index in [-0.39, 0.29) is 11.3 Å². The zero-order chi connectivity index (χ0) is 16.7. The Kier molecular flexibility index (Phi) is 4.77. The second-order valence-electron chi connectivity index (χ2n) is 5.48. The standard InChI is InChI=1S/C18H12F2Se4/c19-22-24(20,23-21)18-6-5-14-9-15-7-12-3-1-2-4-13(12)8-16(15)10-17(14)11-18/h1-11,21H. The fourth-order valence-corrected chi connectivity index (χ4v) is 21.5. The van der Waals surface area contributed by atoms with Gasteiger partial charge in [-0.05, 0) is 0 Å². The number of halogens is 2. The van der Waals surface area contributed by atoms with Gasteiger partial charge in [0.2, 0.25) is 0 Å². The molecule has 6 heteroatoms. The first-order chi connectivity index (χ1) is 11.6. The Hall–Kier alpha value is -0.402. The molecule has 4 rings (SSSR count). The minimum atomic E-state index is -3.57. The van der Waals surface area contributed by atoms with E-state index in [9.17, 15) is 7.10 Å². The summed E-state index contributed by atoms with van der Waals surface area (Å²) in [7, 11) is -3.57. The minimum absolute atomic E-state index is 0.320. The quantitative estimate of drug-likeness (QED) is 0.257. The molecule has 1 atom stereocenters. The molecular formula is C18H12F2Se4. The Morgan fingerprint density at radius 3 is 1.75 bits per heavy atom. The first kappa shape index (κ1) is 17.0. The van der Waals surface area contributed by atoms with E-state index in [1.807, 2.05) is 24.3 Å². The molecular weight excluding hydrogens is 570 g/mol. The van der Waals surface area contributed by atoms with Crippen LogP contribution in [0.2, 0.25) is 0 Å². The van der Waals surface area contributed by atoms with Crippen LogP contribution >= 0.6 is 0 Å². The summed E-state index contributed by atoms with van der Waals surface area (Å²) < 4.78 is 28.8. The van der Waals surface area contributed by atoms with E-state index in [0.29, 0.717) is 4.46 Å². The van der Waals surface area contributed by atoms with Crippen molar-refractivity contribution in [1.82, 2.24) is 0 Å². The van der Waals surface area contributed by atoms with Crippen LogP contribution in [-0.2, 0) is 0 Å². The zero-order valence-electron chi connectivity index (χ0n) is 12.3. The SMILES string of the molecule is F[Se][Se](F)([Se][SeH])c1ccc2cc3cc4ccccc4cc3cc2c1. The van der Waals surface area contributed by atoms with Crippen LogP contribution in [0.15, 0.2) is 66.7 Å². The van der Waals surface area contributed by atoms with Crippen molar-refractivity contribution in [3.05, 3.63) is 66.7 Å². The van der Waals surface area contributed by atoms with Gasteiger partial charge in [0, 0.05) is 0 Å². The molecule has 122 valence electrons. The topological polar surface area (TPSA) is 0 Å². The Bertz CT molecular complexity index is 1060. The molecule has 0 radical (unpaired) electrons. The van der Waals surface area contributed by atoms with Gasteiger partial charge in [-0.15, -0.1) is 0 Å². The predicted molar refractivity (Wildman–Crippen MR) is 105 cm³/mol. The molecule has 0 aliphatic rings. The van der Waals surface area contributed by atoms with E-state index in [1.165, 1.54) is 16.2 Å². The Balaban J connectivity index is 1.96. The van der Waals surface area contributed by atoms with Crippen LogP contribution in [0.1, 0.15) is 0 Å². The molecule has 4 aromatic rings. The number of hydrogen-bond acceptors (Lipinski definition) is 0. The normalized spacial score (nSPS) is 15.6. The first-order valence-electron chi connectivity index (χ1n) is 7.15. The Morgan fingerprint density at radius 1 is 0.708 bits per heavy atom. The predicted octanol–water partition coefficient (Wildman–Crippen LogP) is 3.37. The second-order valence-corrected chi connectivity index (χ2v) is 35.9. The average Bonchev–Trinajstić information content (AvgIpc) is 2.63. The average molecular weight is 582 g/mol. The van der Waals surface area contributed by atoms with Gasteiger partial charge < -0.3 is 0 Å². The molecule has 0 bridgehead atoms. The number of rotatable bonds is 3. The molecule has 0 saturated heterocycles. The van der Waals surface area contributed by atoms with Crippen LogP contribution in [0.25, 0.3) is 32.3 Å². The van der Waals surface area contributed by atoms with Crippen molar-refractivity contribution in [3.8, 4) is 0 Å². The molecule has 0 aromatic heterocycles. The summed E-state index contributed by atoms with van der Waals surface area (Å²) in [5.41, 5.74) is 0. The Morgan fingerprint density at radius 2 is 1.21 bits per heavy atom. The van der Waals surface area contributed by atoms with E-state index in [4.69, 9.17) is 0 Å². The summed E-state index contributed by atoms with van der Waals surface area (Å²) in [6.45, 7) is 0. The summed E-state index contributed by atoms with van der Waals surface area (Å²) in [6.07, 6.45) is 0. The van der Waals surface area contributed by atoms with Crippen molar-refractivity contribution in [2.75, 3.05) is 0 Å². The summed E-state index contributed by atoms with van der Waals surface area (Å²) in [6, 6.07) is 22.5. The van der Waals surface area contributed by atoms with Crippen molar-refractivity contribution in [2.24, 2.45) is 0 Å². The number of hydrogen-bond donors (Lipinski definition) is 0. The van der Waals surface area contributed by atoms with Gasteiger partial charge in [0.1, 0.15) is 0 Å². The number of benzene rings is 4. The van der Waals surface area contributed by atoms with Gasteiger partial charge in [-0.2, -0.15) is 0 Å². The maximum absolute atomic E-state index is 14.9. The summed E-state index contributed by atoms with van der Waals surface area (Å²) in [4.78, 5) is 0. The molecule has 1 unspecified atom stereocenters. The molecule has 0 aliphatic carbocycles. The van der Waals surface area contributed by atoms with Crippen LogP contribution < -0.4 is 4.46 Å². The Labute approximate surface area is 158 Å².